The molecule has 3 heterocycles. The van der Waals surface area contributed by atoms with Crippen LogP contribution in [0.25, 0.3) is 22.1 Å². The van der Waals surface area contributed by atoms with Crippen molar-refractivity contribution in [1.82, 2.24) is 14.9 Å². The normalized spacial score (nSPS) is 16.9. The Balaban J connectivity index is 1.89. The molecule has 132 valence electrons. The van der Waals surface area contributed by atoms with E-state index < -0.39 is 11.7 Å². The Kier molecular flexibility index (Phi) is 3.50. The number of furan rings is 1. The zero-order chi connectivity index (χ0) is 17.8. The monoisotopic (exact) mass is 351 g/mol. The molecule has 0 atom stereocenters. The second kappa shape index (κ2) is 5.48. The molecule has 0 saturated carbocycles. The van der Waals surface area contributed by atoms with E-state index >= 15 is 0 Å². The van der Waals surface area contributed by atoms with Gasteiger partial charge in [0.1, 0.15) is 11.1 Å². The Hall–Kier alpha value is -2.55. The van der Waals surface area contributed by atoms with Crippen molar-refractivity contribution in [2.45, 2.75) is 6.18 Å². The first kappa shape index (κ1) is 15.9. The van der Waals surface area contributed by atoms with Crippen LogP contribution in [0.4, 0.5) is 24.9 Å². The first-order valence-corrected chi connectivity index (χ1v) is 7.83. The van der Waals surface area contributed by atoms with Crippen LogP contribution in [0.1, 0.15) is 5.56 Å². The number of likely N-dealkylation sites (N-methyl/N-ethyl adjacent to an activating group) is 1. The lowest BCUT2D eigenvalue weighted by Crippen LogP contribution is -2.44. The molecular formula is C16H16F3N5O. The van der Waals surface area contributed by atoms with Gasteiger partial charge in [-0.1, -0.05) is 0 Å². The standard InChI is InChI=1S/C16H16F3N5O/c1-23-4-6-24(7-5-23)14-13-12(21-15(20)22-14)10-3-2-9(16(17,18)19)8-11(10)25-13/h2-3,8H,4-7H2,1H3,(H2,20,21,22). The summed E-state index contributed by atoms with van der Waals surface area (Å²) in [7, 11) is 2.03. The number of piperazine rings is 1. The number of alkyl halides is 3. The van der Waals surface area contributed by atoms with Gasteiger partial charge >= 0.3 is 6.18 Å². The van der Waals surface area contributed by atoms with Crippen LogP contribution in [0, 0.1) is 0 Å². The maximum absolute atomic E-state index is 12.9. The molecule has 1 fully saturated rings. The Morgan fingerprint density at radius 2 is 1.84 bits per heavy atom. The van der Waals surface area contributed by atoms with Crippen LogP contribution >= 0.6 is 0 Å². The van der Waals surface area contributed by atoms with E-state index in [1.807, 2.05) is 11.9 Å². The molecule has 1 aromatic carbocycles. The van der Waals surface area contributed by atoms with Crippen molar-refractivity contribution in [2.75, 3.05) is 43.9 Å². The Morgan fingerprint density at radius 3 is 2.52 bits per heavy atom. The van der Waals surface area contributed by atoms with Crippen LogP contribution in [-0.2, 0) is 6.18 Å². The average Bonchev–Trinajstić information content (AvgIpc) is 2.92. The number of hydrogen-bond donors (Lipinski definition) is 1. The van der Waals surface area contributed by atoms with Crippen molar-refractivity contribution >= 4 is 33.8 Å². The first-order chi connectivity index (χ1) is 11.8. The number of nitrogens with zero attached hydrogens (tertiary/aromatic N) is 4. The maximum atomic E-state index is 12.9. The molecule has 0 unspecified atom stereocenters. The first-order valence-electron chi connectivity index (χ1n) is 7.83. The minimum atomic E-state index is -4.43. The van der Waals surface area contributed by atoms with Crippen molar-refractivity contribution in [1.29, 1.82) is 0 Å². The van der Waals surface area contributed by atoms with Gasteiger partial charge < -0.3 is 20.0 Å². The summed E-state index contributed by atoms with van der Waals surface area (Å²) < 4.78 is 44.5. The van der Waals surface area contributed by atoms with Crippen LogP contribution < -0.4 is 10.6 Å². The van der Waals surface area contributed by atoms with Gasteiger partial charge in [0.05, 0.1) is 5.56 Å². The number of hydrogen-bond acceptors (Lipinski definition) is 6. The van der Waals surface area contributed by atoms with Crippen molar-refractivity contribution < 1.29 is 17.6 Å². The lowest BCUT2D eigenvalue weighted by atomic mass is 10.1. The number of nitrogen functional groups attached to an aromatic ring is 1. The zero-order valence-corrected chi connectivity index (χ0v) is 13.5. The molecule has 6 nitrogen and oxygen atoms in total. The highest BCUT2D eigenvalue weighted by Gasteiger charge is 2.31. The molecule has 9 heteroatoms. The van der Waals surface area contributed by atoms with Crippen molar-refractivity contribution in [3.05, 3.63) is 23.8 Å². The molecule has 2 aromatic heterocycles. The molecular weight excluding hydrogens is 335 g/mol. The molecule has 0 aliphatic carbocycles. The Labute approximate surface area is 141 Å². The van der Waals surface area contributed by atoms with E-state index in [0.717, 1.165) is 38.3 Å². The second-order valence-corrected chi connectivity index (χ2v) is 6.18. The highest BCUT2D eigenvalue weighted by Crippen LogP contribution is 2.37. The number of anilines is 2. The van der Waals surface area contributed by atoms with E-state index in [1.165, 1.54) is 6.07 Å². The molecule has 0 spiro atoms. The number of halogens is 3. The SMILES string of the molecule is CN1CCN(c2nc(N)nc3c2oc2cc(C(F)(F)F)ccc23)CC1. The quantitative estimate of drug-likeness (QED) is 0.727. The van der Waals surface area contributed by atoms with Crippen LogP contribution in [0.5, 0.6) is 0 Å². The largest absolute Gasteiger partial charge is 0.450 e. The van der Waals surface area contributed by atoms with Crippen LogP contribution in [0.15, 0.2) is 22.6 Å². The van der Waals surface area contributed by atoms with Crippen LogP contribution in [0.3, 0.4) is 0 Å². The minimum Gasteiger partial charge on any atom is -0.450 e. The molecule has 0 amide bonds. The zero-order valence-electron chi connectivity index (χ0n) is 13.5. The fourth-order valence-electron chi connectivity index (χ4n) is 3.05. The van der Waals surface area contributed by atoms with E-state index in [1.54, 1.807) is 0 Å². The van der Waals surface area contributed by atoms with Gasteiger partial charge in [0, 0.05) is 31.6 Å². The number of aromatic nitrogens is 2. The molecule has 25 heavy (non-hydrogen) atoms. The van der Waals surface area contributed by atoms with Gasteiger partial charge in [0.25, 0.3) is 0 Å². The highest BCUT2D eigenvalue weighted by atomic mass is 19.4. The molecule has 0 bridgehead atoms. The molecule has 1 saturated heterocycles. The number of rotatable bonds is 1. The van der Waals surface area contributed by atoms with Crippen molar-refractivity contribution in [3.8, 4) is 0 Å². The summed E-state index contributed by atoms with van der Waals surface area (Å²) in [4.78, 5) is 12.7. The lowest BCUT2D eigenvalue weighted by molar-refractivity contribution is -0.137. The smallest absolute Gasteiger partial charge is 0.416 e. The van der Waals surface area contributed by atoms with Gasteiger partial charge in [0.2, 0.25) is 5.95 Å². The minimum absolute atomic E-state index is 0.0732. The predicted octanol–water partition coefficient (Wildman–Crippen LogP) is 2.73. The van der Waals surface area contributed by atoms with E-state index in [-0.39, 0.29) is 11.5 Å². The third-order valence-electron chi connectivity index (χ3n) is 4.44. The van der Waals surface area contributed by atoms with Gasteiger partial charge in [-0.25, -0.2) is 4.98 Å². The summed E-state index contributed by atoms with van der Waals surface area (Å²) in [6, 6.07) is 3.37. The predicted molar refractivity (Wildman–Crippen MR) is 88.4 cm³/mol. The van der Waals surface area contributed by atoms with E-state index in [9.17, 15) is 13.2 Å². The summed E-state index contributed by atoms with van der Waals surface area (Å²) in [6.07, 6.45) is -4.43. The van der Waals surface area contributed by atoms with Crippen LogP contribution in [0.2, 0.25) is 0 Å². The van der Waals surface area contributed by atoms with Gasteiger partial charge in [0.15, 0.2) is 11.4 Å². The number of benzene rings is 1. The van der Waals surface area contributed by atoms with Gasteiger partial charge in [-0.2, -0.15) is 18.2 Å². The summed E-state index contributed by atoms with van der Waals surface area (Å²) in [5.74, 6) is 0.601. The Bertz CT molecular complexity index is 944. The van der Waals surface area contributed by atoms with Crippen molar-refractivity contribution in [2.24, 2.45) is 0 Å². The van der Waals surface area contributed by atoms with E-state index in [0.29, 0.717) is 22.3 Å². The summed E-state index contributed by atoms with van der Waals surface area (Å²) >= 11 is 0. The highest BCUT2D eigenvalue weighted by molar-refractivity contribution is 6.06. The number of nitrogens with two attached hydrogens (primary N) is 1. The number of fused-ring (bicyclic) bond motifs is 3. The third kappa shape index (κ3) is 2.74. The molecule has 1 aliphatic rings. The molecule has 4 rings (SSSR count). The Morgan fingerprint density at radius 1 is 1.12 bits per heavy atom. The lowest BCUT2D eigenvalue weighted by Gasteiger charge is -2.33. The molecule has 2 N–H and O–H groups in total. The van der Waals surface area contributed by atoms with Gasteiger partial charge in [-0.3, -0.25) is 0 Å². The van der Waals surface area contributed by atoms with Gasteiger partial charge in [-0.05, 0) is 25.2 Å². The molecule has 1 aliphatic heterocycles. The maximum Gasteiger partial charge on any atom is 0.416 e. The van der Waals surface area contributed by atoms with E-state index in [2.05, 4.69) is 14.9 Å². The molecule has 0 radical (unpaired) electrons. The topological polar surface area (TPSA) is 71.4 Å². The third-order valence-corrected chi connectivity index (χ3v) is 4.44. The second-order valence-electron chi connectivity index (χ2n) is 6.18. The molecule has 3 aromatic rings. The average molecular weight is 351 g/mol. The van der Waals surface area contributed by atoms with Crippen molar-refractivity contribution in [3.63, 3.8) is 0 Å². The summed E-state index contributed by atoms with van der Waals surface area (Å²) in [6.45, 7) is 3.16. The fourth-order valence-corrected chi connectivity index (χ4v) is 3.05. The summed E-state index contributed by atoms with van der Waals surface area (Å²) in [5.41, 5.74) is 5.99. The van der Waals surface area contributed by atoms with Gasteiger partial charge in [-0.15, -0.1) is 0 Å². The summed E-state index contributed by atoms with van der Waals surface area (Å²) in [5, 5.41) is 0.493. The van der Waals surface area contributed by atoms with E-state index in [4.69, 9.17) is 10.2 Å². The fraction of sp³-hybridized carbons (Fsp3) is 0.375. The van der Waals surface area contributed by atoms with Crippen LogP contribution in [-0.4, -0.2) is 48.1 Å².